The first kappa shape index (κ1) is 26.6. The second-order valence-corrected chi connectivity index (χ2v) is 9.49. The molecule has 3 aromatic carbocycles. The fourth-order valence-electron chi connectivity index (χ4n) is 3.92. The molecular weight excluding hydrogens is 533 g/mol. The highest BCUT2D eigenvalue weighted by Crippen LogP contribution is 2.30. The van der Waals surface area contributed by atoms with E-state index in [1.54, 1.807) is 72.5 Å². The maximum Gasteiger partial charge on any atom is 0.338 e. The van der Waals surface area contributed by atoms with Crippen LogP contribution >= 0.6 is 35.4 Å². The minimum atomic E-state index is -0.822. The lowest BCUT2D eigenvalue weighted by Crippen LogP contribution is -2.37. The predicted molar refractivity (Wildman–Crippen MR) is 148 cm³/mol. The van der Waals surface area contributed by atoms with Gasteiger partial charge in [-0.15, -0.1) is 0 Å². The third kappa shape index (κ3) is 6.28. The Balaban J connectivity index is 1.54. The predicted octanol–water partition coefficient (Wildman–Crippen LogP) is 5.70. The lowest BCUT2D eigenvalue weighted by molar-refractivity contribution is -0.124. The highest BCUT2D eigenvalue weighted by Gasteiger charge is 2.44. The van der Waals surface area contributed by atoms with E-state index in [9.17, 15) is 14.4 Å². The molecule has 1 fully saturated rings. The first-order valence-corrected chi connectivity index (χ1v) is 12.6. The van der Waals surface area contributed by atoms with Gasteiger partial charge in [-0.25, -0.2) is 4.79 Å². The normalized spacial score (nSPS) is 15.2. The van der Waals surface area contributed by atoms with Crippen molar-refractivity contribution in [3.8, 4) is 0 Å². The van der Waals surface area contributed by atoms with E-state index >= 15 is 0 Å². The van der Waals surface area contributed by atoms with Crippen molar-refractivity contribution in [2.24, 2.45) is 0 Å². The van der Waals surface area contributed by atoms with Crippen molar-refractivity contribution in [2.75, 3.05) is 16.8 Å². The second-order valence-electron chi connectivity index (χ2n) is 8.25. The molecule has 10 heteroatoms. The van der Waals surface area contributed by atoms with Crippen LogP contribution in [0.3, 0.4) is 0 Å². The third-order valence-electron chi connectivity index (χ3n) is 5.73. The van der Waals surface area contributed by atoms with E-state index in [4.69, 9.17) is 40.2 Å². The molecule has 4 rings (SSSR count). The molecule has 1 unspecified atom stereocenters. The van der Waals surface area contributed by atoms with Gasteiger partial charge in [0.1, 0.15) is 6.04 Å². The summed E-state index contributed by atoms with van der Waals surface area (Å²) in [6.45, 7) is 2.32. The van der Waals surface area contributed by atoms with Crippen LogP contribution in [0.25, 0.3) is 0 Å². The van der Waals surface area contributed by atoms with Crippen molar-refractivity contribution in [3.63, 3.8) is 0 Å². The average molecular weight is 556 g/mol. The van der Waals surface area contributed by atoms with Gasteiger partial charge < -0.3 is 15.0 Å². The molecule has 7 nitrogen and oxygen atoms in total. The topological polar surface area (TPSA) is 78.9 Å². The van der Waals surface area contributed by atoms with Gasteiger partial charge in [-0.2, -0.15) is 0 Å². The lowest BCUT2D eigenvalue weighted by atomic mass is 10.1. The number of esters is 1. The van der Waals surface area contributed by atoms with Crippen LogP contribution in [0.15, 0.2) is 72.8 Å². The lowest BCUT2D eigenvalue weighted by Gasteiger charge is -2.24. The summed E-state index contributed by atoms with van der Waals surface area (Å²) in [5.74, 6) is -1.12. The maximum atomic E-state index is 13.5. The minimum absolute atomic E-state index is 0.129. The van der Waals surface area contributed by atoms with Gasteiger partial charge in [-0.1, -0.05) is 35.3 Å². The van der Waals surface area contributed by atoms with E-state index < -0.39 is 12.0 Å². The number of rotatable bonds is 8. The molecule has 3 aromatic rings. The van der Waals surface area contributed by atoms with Crippen LogP contribution in [0.4, 0.5) is 11.4 Å². The van der Waals surface area contributed by atoms with Crippen molar-refractivity contribution < 1.29 is 19.1 Å². The molecule has 0 spiro atoms. The summed E-state index contributed by atoms with van der Waals surface area (Å²) in [5.41, 5.74) is 2.32. The van der Waals surface area contributed by atoms with Crippen LogP contribution in [-0.4, -0.2) is 40.4 Å². The van der Waals surface area contributed by atoms with Crippen LogP contribution in [-0.2, 0) is 20.9 Å². The Bertz CT molecular complexity index is 1310. The average Bonchev–Trinajstić information content (AvgIpc) is 3.10. The van der Waals surface area contributed by atoms with E-state index in [0.29, 0.717) is 38.6 Å². The molecule has 0 radical (unpaired) electrons. The van der Waals surface area contributed by atoms with Crippen LogP contribution in [0.5, 0.6) is 0 Å². The fraction of sp³-hybridized carbons (Fsp3) is 0.185. The number of carbonyl (C=O) groups is 3. The fourth-order valence-corrected chi connectivity index (χ4v) is 4.56. The summed E-state index contributed by atoms with van der Waals surface area (Å²) in [5, 5.41) is 4.21. The van der Waals surface area contributed by atoms with Crippen molar-refractivity contribution >= 4 is 69.7 Å². The summed E-state index contributed by atoms with van der Waals surface area (Å²) in [6.07, 6.45) is -0.129. The van der Waals surface area contributed by atoms with Gasteiger partial charge in [-0.05, 0) is 85.4 Å². The molecular formula is C27H23Cl2N3O4S. The van der Waals surface area contributed by atoms with Crippen LogP contribution in [0, 0.1) is 0 Å². The van der Waals surface area contributed by atoms with E-state index in [1.165, 1.54) is 4.90 Å². The number of amides is 2. The van der Waals surface area contributed by atoms with Gasteiger partial charge >= 0.3 is 5.97 Å². The molecule has 1 heterocycles. The first-order chi connectivity index (χ1) is 17.8. The maximum absolute atomic E-state index is 13.5. The third-order valence-corrected chi connectivity index (χ3v) is 6.65. The van der Waals surface area contributed by atoms with E-state index in [0.717, 1.165) is 5.56 Å². The number of hydrogen-bond acceptors (Lipinski definition) is 5. The number of hydrogen-bond donors (Lipinski definition) is 1. The summed E-state index contributed by atoms with van der Waals surface area (Å²) in [7, 11) is 0. The smallest absolute Gasteiger partial charge is 0.338 e. The van der Waals surface area contributed by atoms with Gasteiger partial charge in [-0.3, -0.25) is 14.5 Å². The quantitative estimate of drug-likeness (QED) is 0.283. The Morgan fingerprint density at radius 3 is 2.14 bits per heavy atom. The van der Waals surface area contributed by atoms with E-state index in [-0.39, 0.29) is 24.8 Å². The monoisotopic (exact) mass is 555 g/mol. The Hall–Kier alpha value is -3.46. The number of benzene rings is 3. The zero-order valence-electron chi connectivity index (χ0n) is 19.8. The summed E-state index contributed by atoms with van der Waals surface area (Å²) in [4.78, 5) is 41.6. The minimum Gasteiger partial charge on any atom is -0.462 e. The van der Waals surface area contributed by atoms with Crippen molar-refractivity contribution in [2.45, 2.75) is 25.9 Å². The number of nitrogens with zero attached hydrogens (tertiary/aromatic N) is 2. The Morgan fingerprint density at radius 1 is 0.946 bits per heavy atom. The van der Waals surface area contributed by atoms with Crippen LogP contribution in [0.2, 0.25) is 10.0 Å². The van der Waals surface area contributed by atoms with E-state index in [1.807, 2.05) is 12.1 Å². The van der Waals surface area contributed by atoms with Gasteiger partial charge in [0.05, 0.1) is 24.3 Å². The zero-order chi connectivity index (χ0) is 26.5. The molecule has 37 heavy (non-hydrogen) atoms. The number of ether oxygens (including phenoxy) is 1. The molecule has 1 aliphatic heterocycles. The van der Waals surface area contributed by atoms with Gasteiger partial charge in [0.2, 0.25) is 5.91 Å². The molecule has 0 aliphatic carbocycles. The molecule has 0 aromatic heterocycles. The molecule has 2 amide bonds. The largest absolute Gasteiger partial charge is 0.462 e. The molecule has 0 saturated carbocycles. The highest BCUT2D eigenvalue weighted by molar-refractivity contribution is 7.80. The molecule has 1 atom stereocenters. The number of nitrogens with one attached hydrogen (secondary N) is 1. The van der Waals surface area contributed by atoms with Crippen LogP contribution < -0.4 is 10.2 Å². The molecule has 0 bridgehead atoms. The number of carbonyl (C=O) groups excluding carboxylic acids is 3. The van der Waals surface area contributed by atoms with Gasteiger partial charge in [0.25, 0.3) is 5.91 Å². The molecule has 1 saturated heterocycles. The SMILES string of the molecule is CCOC(=O)c1ccc(NC(=O)CC2C(=O)N(c3ccc(Cl)cc3)C(=S)N2Cc2ccc(Cl)cc2)cc1. The first-order valence-electron chi connectivity index (χ1n) is 11.5. The number of thiocarbonyl (C=S) groups is 1. The Morgan fingerprint density at radius 2 is 1.54 bits per heavy atom. The summed E-state index contributed by atoms with van der Waals surface area (Å²) >= 11 is 17.7. The Labute approximate surface area is 229 Å². The zero-order valence-corrected chi connectivity index (χ0v) is 22.1. The number of halogens is 2. The number of anilines is 2. The summed E-state index contributed by atoms with van der Waals surface area (Å²) in [6, 6.07) is 19.5. The van der Waals surface area contributed by atoms with Gasteiger partial charge in [0, 0.05) is 22.3 Å². The van der Waals surface area contributed by atoms with Crippen molar-refractivity contribution in [3.05, 3.63) is 94.0 Å². The molecule has 1 N–H and O–H groups in total. The molecule has 190 valence electrons. The standard InChI is InChI=1S/C27H23Cl2N3O4S/c1-2-36-26(35)18-5-11-21(12-6-18)30-24(33)15-23-25(34)32(22-13-9-20(29)10-14-22)27(37)31(23)16-17-3-7-19(28)8-4-17/h3-14,23H,2,15-16H2,1H3,(H,30,33). The van der Waals surface area contributed by atoms with E-state index in [2.05, 4.69) is 5.32 Å². The van der Waals surface area contributed by atoms with Gasteiger partial charge in [0.15, 0.2) is 5.11 Å². The van der Waals surface area contributed by atoms with Crippen molar-refractivity contribution in [1.29, 1.82) is 0 Å². The van der Waals surface area contributed by atoms with Crippen LogP contribution in [0.1, 0.15) is 29.3 Å². The molecule has 1 aliphatic rings. The second kappa shape index (κ2) is 11.7. The van der Waals surface area contributed by atoms with Crippen molar-refractivity contribution in [1.82, 2.24) is 4.90 Å². The Kier molecular flexibility index (Phi) is 8.43. The summed E-state index contributed by atoms with van der Waals surface area (Å²) < 4.78 is 4.98. The highest BCUT2D eigenvalue weighted by atomic mass is 35.5.